The van der Waals surface area contributed by atoms with Gasteiger partial charge in [0.05, 0.1) is 30.5 Å². The number of carbonyl (C=O) groups excluding carboxylic acids is 1. The van der Waals surface area contributed by atoms with E-state index in [9.17, 15) is 23.2 Å². The quantitative estimate of drug-likeness (QED) is 0.181. The van der Waals surface area contributed by atoms with Crippen molar-refractivity contribution in [2.75, 3.05) is 13.7 Å². The zero-order chi connectivity index (χ0) is 33.7. The smallest absolute Gasteiger partial charge is 0.497 e. The molecule has 10 nitrogen and oxygen atoms in total. The maximum Gasteiger partial charge on any atom is 0.573 e. The van der Waals surface area contributed by atoms with E-state index in [0.717, 1.165) is 16.9 Å². The molecule has 1 atom stereocenters. The normalized spacial score (nSPS) is 12.5. The minimum Gasteiger partial charge on any atom is -0.497 e. The molecule has 0 fully saturated rings. The summed E-state index contributed by atoms with van der Waals surface area (Å²) >= 11 is 1.34. The number of hydrogen-bond donors (Lipinski definition) is 1. The number of aryl methyl sites for hydroxylation is 1. The topological polar surface area (TPSA) is 119 Å². The lowest BCUT2D eigenvalue weighted by Crippen LogP contribution is -2.28. The van der Waals surface area contributed by atoms with Crippen LogP contribution < -0.4 is 19.6 Å². The fourth-order valence-electron chi connectivity index (χ4n) is 4.83. The van der Waals surface area contributed by atoms with E-state index in [4.69, 9.17) is 4.74 Å². The van der Waals surface area contributed by atoms with Crippen LogP contribution in [0.5, 0.6) is 11.5 Å². The van der Waals surface area contributed by atoms with E-state index < -0.39 is 18.3 Å². The lowest BCUT2D eigenvalue weighted by atomic mass is 9.99. The monoisotopic (exact) mass is 661 g/mol. The van der Waals surface area contributed by atoms with Gasteiger partial charge in [0.25, 0.3) is 0 Å². The molecule has 0 radical (unpaired) electrons. The molecule has 1 unspecified atom stereocenters. The third kappa shape index (κ3) is 7.87. The van der Waals surface area contributed by atoms with Crippen LogP contribution in [0.3, 0.4) is 0 Å². The largest absolute Gasteiger partial charge is 0.573 e. The minimum atomic E-state index is -4.78. The number of nitrogens with one attached hydrogen (secondary N) is 1. The van der Waals surface area contributed by atoms with Crippen LogP contribution >= 0.6 is 11.3 Å². The number of rotatable bonds is 9. The summed E-state index contributed by atoms with van der Waals surface area (Å²) in [6, 6.07) is 19.8. The van der Waals surface area contributed by atoms with Gasteiger partial charge in [0.2, 0.25) is 0 Å². The highest BCUT2D eigenvalue weighted by Crippen LogP contribution is 2.28. The number of hydrogen-bond acceptors (Lipinski definition) is 7. The van der Waals surface area contributed by atoms with Gasteiger partial charge in [-0.2, -0.15) is 10.3 Å². The number of amides is 2. The molecule has 3 aromatic carbocycles. The van der Waals surface area contributed by atoms with Gasteiger partial charge < -0.3 is 14.8 Å². The first kappa shape index (κ1) is 33.0. The zero-order valence-corrected chi connectivity index (χ0v) is 26.6. The van der Waals surface area contributed by atoms with Crippen molar-refractivity contribution in [2.24, 2.45) is 4.99 Å². The maximum atomic E-state index is 12.9. The predicted octanol–water partition coefficient (Wildman–Crippen LogP) is 7.04. The number of aromatic nitrogens is 4. The minimum absolute atomic E-state index is 0.0415. The molecule has 5 aromatic rings. The molecule has 5 rings (SSSR count). The van der Waals surface area contributed by atoms with Crippen LogP contribution in [0.4, 0.5) is 18.0 Å². The predicted molar refractivity (Wildman–Crippen MR) is 170 cm³/mol. The summed E-state index contributed by atoms with van der Waals surface area (Å²) in [7, 11) is 1.61. The third-order valence-corrected chi connectivity index (χ3v) is 8.13. The SMILES string of the molecule is COc1ccc(C(C)C)c(-n2c(C)cs/c2=N\C(=O)NCC(C#N)c2ccc(-c3ncn(-c4ccc(OC(F)(F)F)cc4)n3)cc2)c1. The van der Waals surface area contributed by atoms with Gasteiger partial charge in [0, 0.05) is 29.2 Å². The standard InChI is InChI=1S/C33H30F3N7O3S/c1-20(2)28-14-13-27(45-4)15-29(28)43-21(3)18-47-32(43)40-31(44)38-17-24(16-37)22-5-7-23(8-6-22)30-39-19-42(41-30)25-9-11-26(12-10-25)46-33(34,35)36/h5-15,18-20,24H,17H2,1-4H3,(H,38,44)/b40-32-. The highest BCUT2D eigenvalue weighted by atomic mass is 32.1. The Bertz CT molecular complexity index is 1970. The van der Waals surface area contributed by atoms with Crippen molar-refractivity contribution in [3.8, 4) is 40.3 Å². The van der Waals surface area contributed by atoms with E-state index in [1.54, 1.807) is 31.4 Å². The fourth-order valence-corrected chi connectivity index (χ4v) is 5.70. The van der Waals surface area contributed by atoms with Crippen LogP contribution in [0.15, 0.2) is 83.4 Å². The fraction of sp³-hybridized carbons (Fsp3) is 0.242. The van der Waals surface area contributed by atoms with E-state index in [2.05, 4.69) is 45.0 Å². The molecule has 0 saturated heterocycles. The van der Waals surface area contributed by atoms with E-state index in [-0.39, 0.29) is 18.2 Å². The molecule has 0 spiro atoms. The summed E-state index contributed by atoms with van der Waals surface area (Å²) in [5.41, 5.74) is 4.71. The van der Waals surface area contributed by atoms with Crippen LogP contribution in [-0.4, -0.2) is 45.4 Å². The second-order valence-corrected chi connectivity index (χ2v) is 11.6. The molecular weight excluding hydrogens is 631 g/mol. The van der Waals surface area contributed by atoms with Gasteiger partial charge in [0.1, 0.15) is 17.8 Å². The van der Waals surface area contributed by atoms with E-state index in [1.165, 1.54) is 46.6 Å². The van der Waals surface area contributed by atoms with Crippen molar-refractivity contribution in [1.29, 1.82) is 5.26 Å². The van der Waals surface area contributed by atoms with Crippen molar-refractivity contribution >= 4 is 17.4 Å². The second-order valence-electron chi connectivity index (χ2n) is 10.7. The Hall–Kier alpha value is -5.42. The Morgan fingerprint density at radius 2 is 1.79 bits per heavy atom. The lowest BCUT2D eigenvalue weighted by Gasteiger charge is -2.16. The summed E-state index contributed by atoms with van der Waals surface area (Å²) in [5.74, 6) is 0.310. The van der Waals surface area contributed by atoms with Gasteiger partial charge in [-0.1, -0.05) is 44.2 Å². The first-order valence-corrected chi connectivity index (χ1v) is 15.3. The molecule has 0 bridgehead atoms. The van der Waals surface area contributed by atoms with E-state index in [1.807, 2.05) is 35.1 Å². The summed E-state index contributed by atoms with van der Waals surface area (Å²) in [4.78, 5) is 22.0. The van der Waals surface area contributed by atoms with Gasteiger partial charge in [-0.15, -0.1) is 29.6 Å². The van der Waals surface area contributed by atoms with Gasteiger partial charge >= 0.3 is 12.4 Å². The summed E-state index contributed by atoms with van der Waals surface area (Å²) in [5, 5.41) is 18.9. The number of carbonyl (C=O) groups is 1. The first-order chi connectivity index (χ1) is 22.5. The molecule has 1 N–H and O–H groups in total. The van der Waals surface area contributed by atoms with Crippen LogP contribution in [0.2, 0.25) is 0 Å². The summed E-state index contributed by atoms with van der Waals surface area (Å²) in [6.07, 6.45) is -3.33. The molecule has 0 aliphatic heterocycles. The molecule has 0 saturated carbocycles. The van der Waals surface area contributed by atoms with Crippen molar-refractivity contribution in [3.05, 3.63) is 100 Å². The molecule has 47 heavy (non-hydrogen) atoms. The molecule has 2 heterocycles. The Morgan fingerprint density at radius 1 is 1.09 bits per heavy atom. The molecular formula is C33H30F3N7O3S. The number of thiazole rings is 1. The van der Waals surface area contributed by atoms with Gasteiger partial charge in [-0.25, -0.2) is 14.5 Å². The molecule has 2 amide bonds. The Balaban J connectivity index is 1.27. The zero-order valence-electron chi connectivity index (χ0n) is 25.8. The van der Waals surface area contributed by atoms with Crippen molar-refractivity contribution in [1.82, 2.24) is 24.6 Å². The van der Waals surface area contributed by atoms with Crippen LogP contribution in [-0.2, 0) is 0 Å². The van der Waals surface area contributed by atoms with Gasteiger partial charge in [-0.3, -0.25) is 4.57 Å². The number of benzene rings is 3. The summed E-state index contributed by atoms with van der Waals surface area (Å²) in [6.45, 7) is 6.18. The van der Waals surface area contributed by atoms with Gasteiger partial charge in [0.15, 0.2) is 10.6 Å². The number of halogens is 3. The number of alkyl halides is 3. The van der Waals surface area contributed by atoms with Gasteiger partial charge in [-0.05, 0) is 54.3 Å². The number of nitrogens with zero attached hydrogens (tertiary/aromatic N) is 6. The highest BCUT2D eigenvalue weighted by Gasteiger charge is 2.31. The van der Waals surface area contributed by atoms with Crippen LogP contribution in [0.1, 0.15) is 42.5 Å². The summed E-state index contributed by atoms with van der Waals surface area (Å²) < 4.78 is 50.0. The number of ether oxygens (including phenoxy) is 2. The molecule has 0 aliphatic carbocycles. The van der Waals surface area contributed by atoms with Crippen molar-refractivity contribution in [3.63, 3.8) is 0 Å². The second kappa shape index (κ2) is 13.9. The number of nitriles is 1. The Morgan fingerprint density at radius 3 is 2.43 bits per heavy atom. The van der Waals surface area contributed by atoms with E-state index in [0.29, 0.717) is 33.2 Å². The van der Waals surface area contributed by atoms with Crippen molar-refractivity contribution in [2.45, 2.75) is 39.0 Å². The molecule has 2 aromatic heterocycles. The number of methoxy groups -OCH3 is 1. The number of urea groups is 1. The highest BCUT2D eigenvalue weighted by molar-refractivity contribution is 7.07. The Kier molecular flexibility index (Phi) is 9.76. The van der Waals surface area contributed by atoms with Crippen LogP contribution in [0.25, 0.3) is 22.8 Å². The molecule has 242 valence electrons. The maximum absolute atomic E-state index is 12.9. The Labute approximate surface area is 272 Å². The average molecular weight is 662 g/mol. The third-order valence-electron chi connectivity index (χ3n) is 7.19. The first-order valence-electron chi connectivity index (χ1n) is 14.4. The molecule has 14 heteroatoms. The van der Waals surface area contributed by atoms with Crippen molar-refractivity contribution < 1.29 is 27.4 Å². The molecule has 0 aliphatic rings. The van der Waals surface area contributed by atoms with E-state index >= 15 is 0 Å². The average Bonchev–Trinajstić information content (AvgIpc) is 3.68. The van der Waals surface area contributed by atoms with Crippen LogP contribution in [0, 0.1) is 18.3 Å². The lowest BCUT2D eigenvalue weighted by molar-refractivity contribution is -0.274.